The second-order valence-electron chi connectivity index (χ2n) is 9.45. The molecule has 0 aromatic heterocycles. The molecule has 8 nitrogen and oxygen atoms in total. The molecule has 2 aromatic rings. The standard InChI is InChI=1S/C26H36ClN3O5S/c1-7-21(25(32)28-26(3,4)5)29(17-19-13-9-10-14-20(19)27)24(31)18-30(36(6,33)34)22-15-11-12-16-23(22)35-8-2/h9-16,21H,7-8,17-18H2,1-6H3,(H,28,32)/t21-/m1/s1. The maximum absolute atomic E-state index is 13.8. The van der Waals surface area contributed by atoms with Gasteiger partial charge in [-0.05, 0) is 57.9 Å². The molecule has 2 aromatic carbocycles. The molecule has 0 heterocycles. The number of anilines is 1. The zero-order valence-corrected chi connectivity index (χ0v) is 23.3. The van der Waals surface area contributed by atoms with Crippen LogP contribution in [0.25, 0.3) is 0 Å². The molecule has 0 fully saturated rings. The van der Waals surface area contributed by atoms with Crippen molar-refractivity contribution in [3.63, 3.8) is 0 Å². The first-order valence-electron chi connectivity index (χ1n) is 11.8. The van der Waals surface area contributed by atoms with Gasteiger partial charge in [-0.25, -0.2) is 8.42 Å². The average molecular weight is 538 g/mol. The largest absolute Gasteiger partial charge is 0.492 e. The third-order valence-electron chi connectivity index (χ3n) is 5.30. The molecule has 36 heavy (non-hydrogen) atoms. The van der Waals surface area contributed by atoms with E-state index in [2.05, 4.69) is 5.32 Å². The van der Waals surface area contributed by atoms with E-state index in [0.29, 0.717) is 29.4 Å². The predicted octanol–water partition coefficient (Wildman–Crippen LogP) is 4.23. The molecule has 1 N–H and O–H groups in total. The Kier molecular flexibility index (Phi) is 10.2. The van der Waals surface area contributed by atoms with Gasteiger partial charge in [-0.3, -0.25) is 13.9 Å². The lowest BCUT2D eigenvalue weighted by Crippen LogP contribution is -2.55. The summed E-state index contributed by atoms with van der Waals surface area (Å²) in [6.07, 6.45) is 1.36. The van der Waals surface area contributed by atoms with Crippen LogP contribution in [0.1, 0.15) is 46.6 Å². The Labute approximate surface area is 219 Å². The van der Waals surface area contributed by atoms with E-state index in [4.69, 9.17) is 16.3 Å². The molecular formula is C26H36ClN3O5S. The highest BCUT2D eigenvalue weighted by Gasteiger charge is 2.34. The van der Waals surface area contributed by atoms with Crippen molar-refractivity contribution < 1.29 is 22.7 Å². The Morgan fingerprint density at radius 1 is 1.06 bits per heavy atom. The maximum Gasteiger partial charge on any atom is 0.244 e. The van der Waals surface area contributed by atoms with Gasteiger partial charge in [0.25, 0.3) is 0 Å². The molecule has 0 aliphatic heterocycles. The molecule has 0 aliphatic carbocycles. The first kappa shape index (κ1) is 29.5. The van der Waals surface area contributed by atoms with Crippen LogP contribution in [-0.2, 0) is 26.2 Å². The number of benzene rings is 2. The van der Waals surface area contributed by atoms with Crippen molar-refractivity contribution >= 4 is 39.1 Å². The second-order valence-corrected chi connectivity index (χ2v) is 11.8. The Bertz CT molecular complexity index is 1160. The molecule has 0 saturated carbocycles. The minimum Gasteiger partial charge on any atom is -0.492 e. The molecule has 0 radical (unpaired) electrons. The normalized spacial score (nSPS) is 12.5. The zero-order chi connectivity index (χ0) is 27.1. The van der Waals surface area contributed by atoms with Crippen molar-refractivity contribution in [1.82, 2.24) is 10.2 Å². The van der Waals surface area contributed by atoms with Gasteiger partial charge in [-0.15, -0.1) is 0 Å². The van der Waals surface area contributed by atoms with Crippen molar-refractivity contribution in [2.75, 3.05) is 23.7 Å². The highest BCUT2D eigenvalue weighted by Crippen LogP contribution is 2.30. The summed E-state index contributed by atoms with van der Waals surface area (Å²) in [4.78, 5) is 28.4. The molecule has 0 aliphatic rings. The topological polar surface area (TPSA) is 96.0 Å². The smallest absolute Gasteiger partial charge is 0.244 e. The molecule has 0 saturated heterocycles. The molecule has 198 valence electrons. The summed E-state index contributed by atoms with van der Waals surface area (Å²) in [6, 6.07) is 12.8. The van der Waals surface area contributed by atoms with Crippen molar-refractivity contribution in [3.8, 4) is 5.75 Å². The number of nitrogens with zero attached hydrogens (tertiary/aromatic N) is 2. The van der Waals surface area contributed by atoms with E-state index in [9.17, 15) is 18.0 Å². The number of carbonyl (C=O) groups is 2. The molecule has 0 unspecified atom stereocenters. The molecule has 2 rings (SSSR count). The molecule has 0 spiro atoms. The van der Waals surface area contributed by atoms with Crippen LogP contribution in [0.2, 0.25) is 5.02 Å². The number of hydrogen-bond acceptors (Lipinski definition) is 5. The van der Waals surface area contributed by atoms with Crippen molar-refractivity contribution in [2.45, 2.75) is 59.2 Å². The first-order chi connectivity index (χ1) is 16.8. The number of amides is 2. The Hall–Kier alpha value is -2.78. The SMILES string of the molecule is CCOc1ccccc1N(CC(=O)N(Cc1ccccc1Cl)[C@H](CC)C(=O)NC(C)(C)C)S(C)(=O)=O. The Morgan fingerprint density at radius 3 is 2.22 bits per heavy atom. The molecule has 2 amide bonds. The lowest BCUT2D eigenvalue weighted by Gasteiger charge is -2.34. The Morgan fingerprint density at radius 2 is 1.67 bits per heavy atom. The quantitative estimate of drug-likeness (QED) is 0.463. The number of halogens is 1. The van der Waals surface area contributed by atoms with Crippen molar-refractivity contribution in [3.05, 3.63) is 59.1 Å². The van der Waals surface area contributed by atoms with Gasteiger partial charge in [0.2, 0.25) is 21.8 Å². The number of hydrogen-bond donors (Lipinski definition) is 1. The maximum atomic E-state index is 13.8. The Balaban J connectivity index is 2.52. The minimum atomic E-state index is -3.87. The minimum absolute atomic E-state index is 0.0410. The van der Waals surface area contributed by atoms with E-state index in [0.717, 1.165) is 10.6 Å². The van der Waals surface area contributed by atoms with E-state index in [-0.39, 0.29) is 18.1 Å². The first-order valence-corrected chi connectivity index (χ1v) is 14.1. The van der Waals surface area contributed by atoms with E-state index in [1.165, 1.54) is 4.90 Å². The van der Waals surface area contributed by atoms with Crippen LogP contribution in [0.5, 0.6) is 5.75 Å². The summed E-state index contributed by atoms with van der Waals surface area (Å²) in [6.45, 7) is 9.02. The molecule has 1 atom stereocenters. The summed E-state index contributed by atoms with van der Waals surface area (Å²) in [5.41, 5.74) is 0.383. The third-order valence-corrected chi connectivity index (χ3v) is 6.79. The van der Waals surface area contributed by atoms with Crippen LogP contribution < -0.4 is 14.4 Å². The van der Waals surface area contributed by atoms with Gasteiger partial charge in [0.05, 0.1) is 18.6 Å². The number of sulfonamides is 1. The predicted molar refractivity (Wildman–Crippen MR) is 144 cm³/mol. The van der Waals surface area contributed by atoms with E-state index < -0.39 is 34.1 Å². The van der Waals surface area contributed by atoms with Crippen LogP contribution in [0, 0.1) is 0 Å². The molecule has 0 bridgehead atoms. The highest BCUT2D eigenvalue weighted by atomic mass is 35.5. The monoisotopic (exact) mass is 537 g/mol. The van der Waals surface area contributed by atoms with Crippen molar-refractivity contribution in [2.24, 2.45) is 0 Å². The second kappa shape index (κ2) is 12.5. The third kappa shape index (κ3) is 8.13. The summed E-state index contributed by atoms with van der Waals surface area (Å²) < 4.78 is 32.3. The number of carbonyl (C=O) groups excluding carboxylic acids is 2. The van der Waals surface area contributed by atoms with Gasteiger partial charge in [0.1, 0.15) is 18.3 Å². The summed E-state index contributed by atoms with van der Waals surface area (Å²) >= 11 is 6.38. The fourth-order valence-electron chi connectivity index (χ4n) is 3.72. The van der Waals surface area contributed by atoms with E-state index >= 15 is 0 Å². The zero-order valence-electron chi connectivity index (χ0n) is 21.7. The number of ether oxygens (including phenoxy) is 1. The summed E-state index contributed by atoms with van der Waals surface area (Å²) in [5, 5.41) is 3.38. The van der Waals surface area contributed by atoms with Crippen LogP contribution in [0.15, 0.2) is 48.5 Å². The van der Waals surface area contributed by atoms with Crippen LogP contribution in [-0.4, -0.2) is 56.1 Å². The lowest BCUT2D eigenvalue weighted by atomic mass is 10.1. The van der Waals surface area contributed by atoms with Gasteiger partial charge >= 0.3 is 0 Å². The van der Waals surface area contributed by atoms with Gasteiger partial charge in [-0.1, -0.05) is 48.9 Å². The fraction of sp³-hybridized carbons (Fsp3) is 0.462. The van der Waals surface area contributed by atoms with Gasteiger partial charge in [0.15, 0.2) is 0 Å². The van der Waals surface area contributed by atoms with E-state index in [1.807, 2.05) is 20.8 Å². The fourth-order valence-corrected chi connectivity index (χ4v) is 4.77. The number of nitrogens with one attached hydrogen (secondary N) is 1. The molecular weight excluding hydrogens is 502 g/mol. The molecule has 10 heteroatoms. The van der Waals surface area contributed by atoms with Gasteiger partial charge < -0.3 is 15.0 Å². The van der Waals surface area contributed by atoms with Crippen LogP contribution >= 0.6 is 11.6 Å². The number of rotatable bonds is 11. The van der Waals surface area contributed by atoms with E-state index in [1.54, 1.807) is 62.4 Å². The average Bonchev–Trinajstić information content (AvgIpc) is 2.77. The van der Waals surface area contributed by atoms with Crippen LogP contribution in [0.3, 0.4) is 0 Å². The number of para-hydroxylation sites is 2. The van der Waals surface area contributed by atoms with Gasteiger partial charge in [-0.2, -0.15) is 0 Å². The van der Waals surface area contributed by atoms with Gasteiger partial charge in [0, 0.05) is 17.1 Å². The highest BCUT2D eigenvalue weighted by molar-refractivity contribution is 7.92. The lowest BCUT2D eigenvalue weighted by molar-refractivity contribution is -0.141. The van der Waals surface area contributed by atoms with Crippen LogP contribution in [0.4, 0.5) is 5.69 Å². The summed E-state index contributed by atoms with van der Waals surface area (Å²) in [5.74, 6) is -0.526. The van der Waals surface area contributed by atoms with Crippen molar-refractivity contribution in [1.29, 1.82) is 0 Å². The summed E-state index contributed by atoms with van der Waals surface area (Å²) in [7, 11) is -3.87.